The van der Waals surface area contributed by atoms with Crippen molar-refractivity contribution in [2.24, 2.45) is 10.4 Å². The Balaban J connectivity index is 1.89. The molecule has 148 valence electrons. The zero-order chi connectivity index (χ0) is 19.3. The van der Waals surface area contributed by atoms with Gasteiger partial charge in [-0.05, 0) is 35.8 Å². The summed E-state index contributed by atoms with van der Waals surface area (Å²) in [5.41, 5.74) is 2.69. The first-order valence-corrected chi connectivity index (χ1v) is 12.3. The number of nitrogens with zero attached hydrogens (tertiary/aromatic N) is 2. The monoisotopic (exact) mass is 422 g/mol. The van der Waals surface area contributed by atoms with E-state index in [1.54, 1.807) is 11.8 Å². The van der Waals surface area contributed by atoms with Crippen LogP contribution in [0, 0.1) is 5.41 Å². The first-order chi connectivity index (χ1) is 13.0. The van der Waals surface area contributed by atoms with Crippen LogP contribution in [0.25, 0.3) is 0 Å². The van der Waals surface area contributed by atoms with E-state index < -0.39 is 0 Å². The van der Waals surface area contributed by atoms with Crippen LogP contribution >= 0.6 is 35.7 Å². The van der Waals surface area contributed by atoms with Gasteiger partial charge in [-0.2, -0.15) is 0 Å². The maximum Gasteiger partial charge on any atom is 0.169 e. The highest BCUT2D eigenvalue weighted by molar-refractivity contribution is 8.23. The smallest absolute Gasteiger partial charge is 0.169 e. The van der Waals surface area contributed by atoms with Crippen molar-refractivity contribution in [2.75, 3.05) is 24.7 Å². The van der Waals surface area contributed by atoms with Crippen molar-refractivity contribution in [3.8, 4) is 0 Å². The summed E-state index contributed by atoms with van der Waals surface area (Å²) in [7, 11) is 0. The van der Waals surface area contributed by atoms with E-state index in [9.17, 15) is 5.11 Å². The second-order valence-electron chi connectivity index (χ2n) is 7.88. The standard InChI is InChI=1S/C21H30N2OS3/c1-16(2)17-8-4-5-9-18(17)22-19-23(20(25)26-13-12-24)14-21(15-27-19)10-6-3-7-11-21/h4-5,8-9,16,24H,3,6-7,10-15H2,1-2H3. The number of hydrogen-bond donors (Lipinski definition) is 1. The highest BCUT2D eigenvalue weighted by Gasteiger charge is 2.40. The lowest BCUT2D eigenvalue weighted by atomic mass is 9.75. The van der Waals surface area contributed by atoms with E-state index in [1.807, 2.05) is 11.8 Å². The van der Waals surface area contributed by atoms with Crippen LogP contribution in [-0.4, -0.2) is 44.2 Å². The molecule has 1 saturated carbocycles. The largest absolute Gasteiger partial charge is 0.396 e. The molecule has 1 heterocycles. The van der Waals surface area contributed by atoms with E-state index in [0.717, 1.165) is 27.5 Å². The number of thiocarbonyl (C=S) groups is 1. The number of amidine groups is 1. The van der Waals surface area contributed by atoms with Gasteiger partial charge in [0, 0.05) is 18.1 Å². The summed E-state index contributed by atoms with van der Waals surface area (Å²) >= 11 is 9.19. The molecule has 1 spiro atoms. The third kappa shape index (κ3) is 5.28. The van der Waals surface area contributed by atoms with Crippen LogP contribution in [0.15, 0.2) is 29.3 Å². The van der Waals surface area contributed by atoms with Crippen molar-refractivity contribution < 1.29 is 5.11 Å². The van der Waals surface area contributed by atoms with Crippen LogP contribution in [0.2, 0.25) is 0 Å². The quantitative estimate of drug-likeness (QED) is 0.620. The van der Waals surface area contributed by atoms with E-state index in [2.05, 4.69) is 43.0 Å². The number of aliphatic hydroxyl groups excluding tert-OH is 1. The second kappa shape index (κ2) is 9.77. The Morgan fingerprint density at radius 2 is 2.04 bits per heavy atom. The molecule has 1 aliphatic carbocycles. The van der Waals surface area contributed by atoms with Crippen LogP contribution < -0.4 is 0 Å². The Morgan fingerprint density at radius 1 is 1.30 bits per heavy atom. The van der Waals surface area contributed by atoms with Gasteiger partial charge < -0.3 is 10.0 Å². The molecular formula is C21H30N2OS3. The number of hydrogen-bond acceptors (Lipinski definition) is 5. The van der Waals surface area contributed by atoms with E-state index in [1.165, 1.54) is 37.7 Å². The van der Waals surface area contributed by atoms with Crippen LogP contribution in [0.4, 0.5) is 5.69 Å². The first-order valence-electron chi connectivity index (χ1n) is 9.90. The van der Waals surface area contributed by atoms with Crippen molar-refractivity contribution in [2.45, 2.75) is 51.9 Å². The van der Waals surface area contributed by atoms with Gasteiger partial charge >= 0.3 is 0 Å². The molecule has 0 unspecified atom stereocenters. The van der Waals surface area contributed by atoms with Crippen molar-refractivity contribution >= 4 is 50.9 Å². The first kappa shape index (κ1) is 21.2. The number of thioether (sulfide) groups is 2. The highest BCUT2D eigenvalue weighted by Crippen LogP contribution is 2.44. The summed E-state index contributed by atoms with van der Waals surface area (Å²) in [5.74, 6) is 2.22. The Morgan fingerprint density at radius 3 is 2.74 bits per heavy atom. The van der Waals surface area contributed by atoms with Gasteiger partial charge in [0.25, 0.3) is 0 Å². The predicted octanol–water partition coefficient (Wildman–Crippen LogP) is 5.81. The second-order valence-corrected chi connectivity index (χ2v) is 10.6. The number of aliphatic imine (C=N–C) groups is 1. The Kier molecular flexibility index (Phi) is 7.65. The van der Waals surface area contributed by atoms with Crippen molar-refractivity contribution in [3.63, 3.8) is 0 Å². The van der Waals surface area contributed by atoms with Gasteiger partial charge in [0.1, 0.15) is 4.32 Å². The Bertz CT molecular complexity index is 684. The van der Waals surface area contributed by atoms with Crippen LogP contribution in [0.3, 0.4) is 0 Å². The van der Waals surface area contributed by atoms with Gasteiger partial charge in [0.15, 0.2) is 5.17 Å². The lowest BCUT2D eigenvalue weighted by molar-refractivity contribution is 0.194. The third-order valence-electron chi connectivity index (χ3n) is 5.46. The molecule has 1 saturated heterocycles. The van der Waals surface area contributed by atoms with Gasteiger partial charge in [0.2, 0.25) is 0 Å². The fourth-order valence-corrected chi connectivity index (χ4v) is 6.35. The molecule has 1 aromatic rings. The van der Waals surface area contributed by atoms with Crippen LogP contribution in [-0.2, 0) is 0 Å². The van der Waals surface area contributed by atoms with Crippen LogP contribution in [0.1, 0.15) is 57.4 Å². The summed E-state index contributed by atoms with van der Waals surface area (Å²) in [6.07, 6.45) is 6.60. The van der Waals surface area contributed by atoms with E-state index >= 15 is 0 Å². The third-order valence-corrected chi connectivity index (χ3v) is 8.21. The van der Waals surface area contributed by atoms with Crippen molar-refractivity contribution in [1.82, 2.24) is 4.90 Å². The number of benzene rings is 1. The Hall–Kier alpha value is -0.560. The zero-order valence-corrected chi connectivity index (χ0v) is 18.8. The summed E-state index contributed by atoms with van der Waals surface area (Å²) in [4.78, 5) is 7.33. The van der Waals surface area contributed by atoms with E-state index in [0.29, 0.717) is 17.1 Å². The SMILES string of the molecule is CC(C)c1ccccc1N=C1SCC2(CCCCC2)CN1C(=S)SCCO. The molecule has 0 radical (unpaired) electrons. The number of para-hydroxylation sites is 1. The number of rotatable bonds is 4. The van der Waals surface area contributed by atoms with E-state index in [4.69, 9.17) is 17.2 Å². The fourth-order valence-electron chi connectivity index (χ4n) is 3.98. The zero-order valence-electron chi connectivity index (χ0n) is 16.3. The van der Waals surface area contributed by atoms with Crippen molar-refractivity contribution in [3.05, 3.63) is 29.8 Å². The Labute approximate surface area is 177 Å². The van der Waals surface area contributed by atoms with Gasteiger partial charge in [0.05, 0.1) is 12.3 Å². The minimum absolute atomic E-state index is 0.152. The maximum atomic E-state index is 9.22. The lowest BCUT2D eigenvalue weighted by Gasteiger charge is -2.45. The molecule has 1 N–H and O–H groups in total. The van der Waals surface area contributed by atoms with Gasteiger partial charge in [-0.1, -0.05) is 87.1 Å². The summed E-state index contributed by atoms with van der Waals surface area (Å²) in [6.45, 7) is 5.55. The van der Waals surface area contributed by atoms with Crippen LogP contribution in [0.5, 0.6) is 0 Å². The summed E-state index contributed by atoms with van der Waals surface area (Å²) in [5, 5.41) is 10.2. The van der Waals surface area contributed by atoms with Gasteiger partial charge in [-0.15, -0.1) is 0 Å². The molecule has 0 aromatic heterocycles. The molecule has 0 atom stereocenters. The normalized spacial score (nSPS) is 21.2. The van der Waals surface area contributed by atoms with Crippen molar-refractivity contribution in [1.29, 1.82) is 0 Å². The molecule has 27 heavy (non-hydrogen) atoms. The molecule has 1 aliphatic heterocycles. The highest BCUT2D eigenvalue weighted by atomic mass is 32.2. The molecular weight excluding hydrogens is 392 g/mol. The molecule has 2 fully saturated rings. The molecule has 0 bridgehead atoms. The molecule has 0 amide bonds. The summed E-state index contributed by atoms with van der Waals surface area (Å²) in [6, 6.07) is 8.42. The topological polar surface area (TPSA) is 35.8 Å². The average Bonchev–Trinajstić information content (AvgIpc) is 2.68. The number of aliphatic hydroxyl groups is 1. The van der Waals surface area contributed by atoms with Gasteiger partial charge in [-0.25, -0.2) is 4.99 Å². The minimum atomic E-state index is 0.152. The van der Waals surface area contributed by atoms with E-state index in [-0.39, 0.29) is 6.61 Å². The molecule has 2 aliphatic rings. The minimum Gasteiger partial charge on any atom is -0.396 e. The molecule has 3 nitrogen and oxygen atoms in total. The van der Waals surface area contributed by atoms with Gasteiger partial charge in [-0.3, -0.25) is 0 Å². The lowest BCUT2D eigenvalue weighted by Crippen LogP contribution is -2.49. The predicted molar refractivity (Wildman–Crippen MR) is 124 cm³/mol. The molecule has 6 heteroatoms. The molecule has 3 rings (SSSR count). The molecule has 1 aromatic carbocycles. The fraction of sp³-hybridized carbons (Fsp3) is 0.619. The average molecular weight is 423 g/mol. The maximum absolute atomic E-state index is 9.22. The summed E-state index contributed by atoms with van der Waals surface area (Å²) < 4.78 is 0.849.